The van der Waals surface area contributed by atoms with Crippen molar-refractivity contribution < 1.29 is 22.4 Å². The molecular weight excluding hydrogens is 482 g/mol. The molecule has 0 fully saturated rings. The first-order valence-corrected chi connectivity index (χ1v) is 10.2. The molecule has 0 bridgehead atoms. The Labute approximate surface area is 199 Å². The number of imidazole rings is 1. The summed E-state index contributed by atoms with van der Waals surface area (Å²) >= 11 is 0. The van der Waals surface area contributed by atoms with Crippen LogP contribution in [0.5, 0.6) is 0 Å². The summed E-state index contributed by atoms with van der Waals surface area (Å²) in [5.74, 6) is -1.52. The van der Waals surface area contributed by atoms with Crippen molar-refractivity contribution in [2.45, 2.75) is 13.1 Å². The number of carbonyl (C=O) groups is 1. The van der Waals surface area contributed by atoms with E-state index in [2.05, 4.69) is 30.5 Å². The van der Waals surface area contributed by atoms with Crippen molar-refractivity contribution in [1.29, 1.82) is 0 Å². The molecule has 182 valence electrons. The van der Waals surface area contributed by atoms with Crippen LogP contribution in [0.15, 0.2) is 55.5 Å². The van der Waals surface area contributed by atoms with E-state index in [1.165, 1.54) is 33.9 Å². The van der Waals surface area contributed by atoms with E-state index in [0.717, 1.165) is 6.20 Å². The number of nitrogen functional groups attached to an aromatic ring is 1. The zero-order chi connectivity index (χ0) is 25.6. The van der Waals surface area contributed by atoms with Gasteiger partial charge in [-0.2, -0.15) is 23.4 Å². The molecule has 0 aliphatic rings. The number of nitrogens with two attached hydrogens (primary N) is 1. The Kier molecular flexibility index (Phi) is 5.35. The van der Waals surface area contributed by atoms with E-state index in [4.69, 9.17) is 5.73 Å². The van der Waals surface area contributed by atoms with E-state index in [1.807, 2.05) is 0 Å². The summed E-state index contributed by atoms with van der Waals surface area (Å²) in [5.41, 5.74) is 6.58. The van der Waals surface area contributed by atoms with E-state index in [-0.39, 0.29) is 17.1 Å². The summed E-state index contributed by atoms with van der Waals surface area (Å²) in [6.07, 6.45) is 2.90. The van der Waals surface area contributed by atoms with Crippen LogP contribution in [0.4, 0.5) is 29.1 Å². The van der Waals surface area contributed by atoms with Crippen LogP contribution in [0.25, 0.3) is 22.6 Å². The number of aromatic nitrogens is 7. The van der Waals surface area contributed by atoms with Crippen LogP contribution in [-0.2, 0) is 6.18 Å². The molecule has 0 aliphatic carbocycles. The lowest BCUT2D eigenvalue weighted by Crippen LogP contribution is -2.16. The summed E-state index contributed by atoms with van der Waals surface area (Å²) < 4.78 is 56.5. The van der Waals surface area contributed by atoms with E-state index in [0.29, 0.717) is 40.4 Å². The maximum Gasteiger partial charge on any atom is 0.417 e. The van der Waals surface area contributed by atoms with Gasteiger partial charge in [0, 0.05) is 24.2 Å². The smallest absolute Gasteiger partial charge is 0.381 e. The molecule has 0 spiro atoms. The molecule has 10 nitrogen and oxygen atoms in total. The fraction of sp³-hybridized carbons (Fsp3) is 0.0909. The highest BCUT2D eigenvalue weighted by Gasteiger charge is 2.31. The predicted octanol–water partition coefficient (Wildman–Crippen LogP) is 3.67. The number of rotatable bonds is 4. The van der Waals surface area contributed by atoms with Gasteiger partial charge in [-0.25, -0.2) is 23.6 Å². The normalized spacial score (nSPS) is 11.7. The van der Waals surface area contributed by atoms with Gasteiger partial charge in [-0.1, -0.05) is 0 Å². The summed E-state index contributed by atoms with van der Waals surface area (Å²) in [6, 6.07) is 3.15. The van der Waals surface area contributed by atoms with Crippen molar-refractivity contribution in [3.63, 3.8) is 0 Å². The van der Waals surface area contributed by atoms with Gasteiger partial charge >= 0.3 is 6.18 Å². The minimum absolute atomic E-state index is 0.203. The number of hydrogen-bond donors (Lipinski definition) is 2. The Morgan fingerprint density at radius 1 is 1.06 bits per heavy atom. The molecule has 0 aliphatic heterocycles. The SMILES string of the molecule is Cc1cc(F)c(NC(=O)c2cncc(C(F)(F)F)c2)cc1-n1cc(-c2cnc3c(N)ncnn23)cn1. The van der Waals surface area contributed by atoms with Gasteiger partial charge in [0.25, 0.3) is 5.91 Å². The van der Waals surface area contributed by atoms with Crippen molar-refractivity contribution >= 4 is 23.1 Å². The molecule has 0 saturated heterocycles. The Bertz CT molecular complexity index is 1620. The number of fused-ring (bicyclic) bond motifs is 1. The second-order valence-electron chi connectivity index (χ2n) is 7.73. The summed E-state index contributed by atoms with van der Waals surface area (Å²) in [6.45, 7) is 1.64. The number of aryl methyl sites for hydroxylation is 1. The largest absolute Gasteiger partial charge is 0.417 e. The number of benzene rings is 1. The van der Waals surface area contributed by atoms with Gasteiger partial charge in [0.2, 0.25) is 0 Å². The average molecular weight is 497 g/mol. The maximum atomic E-state index is 14.7. The number of carbonyl (C=O) groups excluding carboxylic acids is 1. The van der Waals surface area contributed by atoms with Crippen molar-refractivity contribution in [2.75, 3.05) is 11.1 Å². The van der Waals surface area contributed by atoms with Crippen LogP contribution in [0.1, 0.15) is 21.5 Å². The second kappa shape index (κ2) is 8.41. The molecule has 3 N–H and O–H groups in total. The monoisotopic (exact) mass is 497 g/mol. The topological polar surface area (TPSA) is 129 Å². The molecule has 5 rings (SSSR count). The van der Waals surface area contributed by atoms with Gasteiger partial charge in [-0.3, -0.25) is 9.78 Å². The quantitative estimate of drug-likeness (QED) is 0.363. The van der Waals surface area contributed by atoms with Crippen LogP contribution >= 0.6 is 0 Å². The van der Waals surface area contributed by atoms with Crippen molar-refractivity contribution in [1.82, 2.24) is 34.3 Å². The molecule has 36 heavy (non-hydrogen) atoms. The van der Waals surface area contributed by atoms with Crippen LogP contribution in [-0.4, -0.2) is 40.3 Å². The minimum Gasteiger partial charge on any atom is -0.381 e. The molecule has 4 heterocycles. The first-order chi connectivity index (χ1) is 17.1. The van der Waals surface area contributed by atoms with Crippen LogP contribution < -0.4 is 11.1 Å². The van der Waals surface area contributed by atoms with Gasteiger partial charge < -0.3 is 11.1 Å². The molecule has 4 aromatic heterocycles. The van der Waals surface area contributed by atoms with Crippen molar-refractivity contribution in [2.24, 2.45) is 0 Å². The number of pyridine rings is 1. The van der Waals surface area contributed by atoms with Crippen LogP contribution in [0.2, 0.25) is 0 Å². The molecule has 1 amide bonds. The first kappa shape index (κ1) is 22.9. The standard InChI is InChI=1S/C22H15F4N9O/c1-11-2-15(23)16(33-21(36)12-3-14(7-28-5-12)22(24,25)26)4-17(11)34-9-13(6-31-34)18-8-29-20-19(27)30-10-32-35(18)20/h2-10H,1H3,(H,33,36)(H2,27,30,32). The fourth-order valence-electron chi connectivity index (χ4n) is 3.54. The average Bonchev–Trinajstić information content (AvgIpc) is 3.48. The van der Waals surface area contributed by atoms with Gasteiger partial charge in [0.15, 0.2) is 11.5 Å². The lowest BCUT2D eigenvalue weighted by Gasteiger charge is -2.12. The molecule has 5 aromatic rings. The van der Waals surface area contributed by atoms with Gasteiger partial charge in [-0.05, 0) is 30.7 Å². The summed E-state index contributed by atoms with van der Waals surface area (Å²) in [5, 5.41) is 10.7. The van der Waals surface area contributed by atoms with E-state index < -0.39 is 23.5 Å². The van der Waals surface area contributed by atoms with Crippen LogP contribution in [0.3, 0.4) is 0 Å². The van der Waals surface area contributed by atoms with Crippen LogP contribution in [0, 0.1) is 12.7 Å². The van der Waals surface area contributed by atoms with Crippen molar-refractivity contribution in [3.05, 3.63) is 78.0 Å². The number of hydrogen-bond acceptors (Lipinski definition) is 7. The number of anilines is 2. The summed E-state index contributed by atoms with van der Waals surface area (Å²) in [7, 11) is 0. The summed E-state index contributed by atoms with van der Waals surface area (Å²) in [4.78, 5) is 24.1. The van der Waals surface area contributed by atoms with Crippen molar-refractivity contribution in [3.8, 4) is 16.9 Å². The van der Waals surface area contributed by atoms with Gasteiger partial charge in [0.05, 0.1) is 40.6 Å². The number of halogens is 4. The Morgan fingerprint density at radius 2 is 1.86 bits per heavy atom. The van der Waals surface area contributed by atoms with Gasteiger partial charge in [-0.15, -0.1) is 0 Å². The van der Waals surface area contributed by atoms with E-state index in [1.54, 1.807) is 19.3 Å². The van der Waals surface area contributed by atoms with Gasteiger partial charge in [0.1, 0.15) is 12.1 Å². The predicted molar refractivity (Wildman–Crippen MR) is 120 cm³/mol. The lowest BCUT2D eigenvalue weighted by molar-refractivity contribution is -0.137. The molecule has 0 unspecified atom stereocenters. The molecule has 14 heteroatoms. The maximum absolute atomic E-state index is 14.7. The number of amides is 1. The minimum atomic E-state index is -4.68. The third-order valence-electron chi connectivity index (χ3n) is 5.32. The molecule has 0 radical (unpaired) electrons. The number of nitrogens with zero attached hydrogens (tertiary/aromatic N) is 7. The zero-order valence-electron chi connectivity index (χ0n) is 18.3. The number of nitrogens with one attached hydrogen (secondary N) is 1. The Hall–Kier alpha value is -4.88. The number of alkyl halides is 3. The Balaban J connectivity index is 1.47. The highest BCUT2D eigenvalue weighted by Crippen LogP contribution is 2.30. The third-order valence-corrected chi connectivity index (χ3v) is 5.32. The highest BCUT2D eigenvalue weighted by atomic mass is 19.4. The zero-order valence-corrected chi connectivity index (χ0v) is 18.3. The second-order valence-corrected chi connectivity index (χ2v) is 7.73. The first-order valence-electron chi connectivity index (χ1n) is 10.2. The molecule has 0 atom stereocenters. The lowest BCUT2D eigenvalue weighted by atomic mass is 10.1. The molecule has 0 saturated carbocycles. The fourth-order valence-corrected chi connectivity index (χ4v) is 3.54. The van der Waals surface area contributed by atoms with E-state index >= 15 is 0 Å². The van der Waals surface area contributed by atoms with E-state index in [9.17, 15) is 22.4 Å². The Morgan fingerprint density at radius 3 is 2.64 bits per heavy atom. The molecule has 1 aromatic carbocycles. The molecular formula is C22H15F4N9O. The third kappa shape index (κ3) is 4.08. The highest BCUT2D eigenvalue weighted by molar-refractivity contribution is 6.04.